The van der Waals surface area contributed by atoms with Crippen LogP contribution in [0.5, 0.6) is 5.75 Å². The van der Waals surface area contributed by atoms with Crippen LogP contribution in [0.25, 0.3) is 0 Å². The summed E-state index contributed by atoms with van der Waals surface area (Å²) < 4.78 is 5.03. The van der Waals surface area contributed by atoms with E-state index in [4.69, 9.17) is 39.5 Å². The van der Waals surface area contributed by atoms with Crippen molar-refractivity contribution in [3.8, 4) is 5.75 Å². The van der Waals surface area contributed by atoms with Crippen LogP contribution in [0, 0.1) is 0 Å². The van der Waals surface area contributed by atoms with Crippen molar-refractivity contribution in [1.29, 1.82) is 0 Å². The number of amides is 1. The van der Waals surface area contributed by atoms with E-state index in [1.54, 1.807) is 12.1 Å². The Labute approximate surface area is 131 Å². The average molecular weight is 337 g/mol. The molecule has 0 unspecified atom stereocenters. The number of fused-ring (bicyclic) bond motifs is 1. The number of alkyl halides is 2. The number of hydrogen-bond donors (Lipinski definition) is 0. The van der Waals surface area contributed by atoms with Gasteiger partial charge in [-0.25, -0.2) is 0 Å². The highest BCUT2D eigenvalue weighted by molar-refractivity contribution is 6.54. The second kappa shape index (κ2) is 6.20. The van der Waals surface area contributed by atoms with Gasteiger partial charge in [0.05, 0.1) is 5.02 Å². The standard InChI is InChI=1S/C13H12Cl3NO3/c1-7(18)20-10-5-4-9-8(11(10)14)3-2-6-17(9)13(19)12(15)16/h4-5,12H,2-3,6H2,1H3. The Bertz CT molecular complexity index is 560. The number of anilines is 1. The van der Waals surface area contributed by atoms with Crippen LogP contribution in [0.3, 0.4) is 0 Å². The highest BCUT2D eigenvalue weighted by Gasteiger charge is 2.28. The number of carbonyl (C=O) groups is 2. The van der Waals surface area contributed by atoms with Crippen LogP contribution < -0.4 is 9.64 Å². The van der Waals surface area contributed by atoms with E-state index in [1.807, 2.05) is 0 Å². The first-order chi connectivity index (χ1) is 9.41. The predicted molar refractivity (Wildman–Crippen MR) is 78.9 cm³/mol. The fourth-order valence-electron chi connectivity index (χ4n) is 2.20. The SMILES string of the molecule is CC(=O)Oc1ccc2c(c1Cl)CCCN2C(=O)C(Cl)Cl. The number of rotatable bonds is 2. The molecule has 0 atom stereocenters. The molecule has 4 nitrogen and oxygen atoms in total. The van der Waals surface area contributed by atoms with Crippen LogP contribution in [-0.2, 0) is 16.0 Å². The zero-order chi connectivity index (χ0) is 14.9. The second-order valence-corrected chi connectivity index (χ2v) is 5.84. The molecule has 20 heavy (non-hydrogen) atoms. The minimum Gasteiger partial charge on any atom is -0.425 e. The maximum absolute atomic E-state index is 12.0. The van der Waals surface area contributed by atoms with E-state index in [0.717, 1.165) is 12.0 Å². The molecule has 1 aliphatic heterocycles. The van der Waals surface area contributed by atoms with E-state index < -0.39 is 10.8 Å². The lowest BCUT2D eigenvalue weighted by atomic mass is 10.0. The van der Waals surface area contributed by atoms with E-state index >= 15 is 0 Å². The van der Waals surface area contributed by atoms with Crippen LogP contribution >= 0.6 is 34.8 Å². The molecule has 1 aliphatic rings. The van der Waals surface area contributed by atoms with Gasteiger partial charge in [-0.3, -0.25) is 9.59 Å². The topological polar surface area (TPSA) is 46.6 Å². The zero-order valence-electron chi connectivity index (χ0n) is 10.7. The summed E-state index contributed by atoms with van der Waals surface area (Å²) in [6.45, 7) is 1.84. The third kappa shape index (κ3) is 3.03. The number of carbonyl (C=O) groups excluding carboxylic acids is 2. The van der Waals surface area contributed by atoms with E-state index in [0.29, 0.717) is 29.4 Å². The van der Waals surface area contributed by atoms with Gasteiger partial charge in [0.15, 0.2) is 4.84 Å². The van der Waals surface area contributed by atoms with Crippen molar-refractivity contribution in [3.63, 3.8) is 0 Å². The molecule has 0 aliphatic carbocycles. The number of esters is 1. The third-order valence-electron chi connectivity index (χ3n) is 2.99. The van der Waals surface area contributed by atoms with Gasteiger partial charge in [-0.1, -0.05) is 34.8 Å². The summed E-state index contributed by atoms with van der Waals surface area (Å²) in [4.78, 5) is 23.4. The summed E-state index contributed by atoms with van der Waals surface area (Å²) in [6, 6.07) is 3.25. The van der Waals surface area contributed by atoms with Gasteiger partial charge in [0, 0.05) is 19.2 Å². The Morgan fingerprint density at radius 1 is 1.35 bits per heavy atom. The van der Waals surface area contributed by atoms with Crippen molar-refractivity contribution < 1.29 is 14.3 Å². The number of nitrogens with zero attached hydrogens (tertiary/aromatic N) is 1. The van der Waals surface area contributed by atoms with Gasteiger partial charge in [0.1, 0.15) is 5.75 Å². The van der Waals surface area contributed by atoms with E-state index in [2.05, 4.69) is 0 Å². The lowest BCUT2D eigenvalue weighted by molar-refractivity contribution is -0.131. The minimum atomic E-state index is -1.12. The van der Waals surface area contributed by atoms with Crippen molar-refractivity contribution in [1.82, 2.24) is 0 Å². The molecule has 0 radical (unpaired) electrons. The van der Waals surface area contributed by atoms with Crippen molar-refractivity contribution in [2.24, 2.45) is 0 Å². The average Bonchev–Trinajstić information content (AvgIpc) is 2.40. The van der Waals surface area contributed by atoms with Crippen molar-refractivity contribution in [2.45, 2.75) is 24.6 Å². The van der Waals surface area contributed by atoms with Crippen LogP contribution in [0.1, 0.15) is 18.9 Å². The summed E-state index contributed by atoms with van der Waals surface area (Å²) in [5.74, 6) is -0.539. The second-order valence-electron chi connectivity index (χ2n) is 4.36. The highest BCUT2D eigenvalue weighted by atomic mass is 35.5. The Morgan fingerprint density at radius 2 is 2.05 bits per heavy atom. The molecule has 0 saturated carbocycles. The smallest absolute Gasteiger partial charge is 0.308 e. The number of benzene rings is 1. The first-order valence-electron chi connectivity index (χ1n) is 6.01. The summed E-state index contributed by atoms with van der Waals surface area (Å²) in [5, 5.41) is 0.343. The zero-order valence-corrected chi connectivity index (χ0v) is 12.9. The van der Waals surface area contributed by atoms with E-state index in [1.165, 1.54) is 11.8 Å². The molecule has 0 fully saturated rings. The van der Waals surface area contributed by atoms with Crippen LogP contribution in [-0.4, -0.2) is 23.3 Å². The van der Waals surface area contributed by atoms with Crippen LogP contribution in [0.4, 0.5) is 5.69 Å². The summed E-state index contributed by atoms with van der Waals surface area (Å²) >= 11 is 17.5. The highest BCUT2D eigenvalue weighted by Crippen LogP contribution is 2.39. The minimum absolute atomic E-state index is 0.292. The Morgan fingerprint density at radius 3 is 2.65 bits per heavy atom. The Balaban J connectivity index is 2.42. The molecule has 0 spiro atoms. The molecule has 0 N–H and O–H groups in total. The van der Waals surface area contributed by atoms with Gasteiger partial charge >= 0.3 is 5.97 Å². The Kier molecular flexibility index (Phi) is 4.78. The van der Waals surface area contributed by atoms with E-state index in [-0.39, 0.29) is 5.91 Å². The van der Waals surface area contributed by atoms with Crippen LogP contribution in [0.15, 0.2) is 12.1 Å². The molecule has 2 rings (SSSR count). The van der Waals surface area contributed by atoms with Gasteiger partial charge in [0.25, 0.3) is 5.91 Å². The van der Waals surface area contributed by atoms with Crippen molar-refractivity contribution in [3.05, 3.63) is 22.7 Å². The summed E-state index contributed by atoms with van der Waals surface area (Å²) in [6.07, 6.45) is 1.44. The van der Waals surface area contributed by atoms with E-state index in [9.17, 15) is 9.59 Å². The molecule has 0 aromatic heterocycles. The molecule has 1 heterocycles. The van der Waals surface area contributed by atoms with Gasteiger partial charge in [-0.2, -0.15) is 0 Å². The quantitative estimate of drug-likeness (QED) is 0.473. The largest absolute Gasteiger partial charge is 0.425 e. The molecule has 1 aromatic rings. The first kappa shape index (κ1) is 15.4. The van der Waals surface area contributed by atoms with Crippen molar-refractivity contribution >= 4 is 52.4 Å². The Hall–Kier alpha value is -0.970. The molecule has 108 valence electrons. The van der Waals surface area contributed by atoms with Crippen LogP contribution in [0.2, 0.25) is 5.02 Å². The first-order valence-corrected chi connectivity index (χ1v) is 7.26. The summed E-state index contributed by atoms with van der Waals surface area (Å²) in [5.41, 5.74) is 1.42. The molecule has 0 bridgehead atoms. The monoisotopic (exact) mass is 335 g/mol. The number of halogens is 3. The summed E-state index contributed by atoms with van der Waals surface area (Å²) in [7, 11) is 0. The molecule has 1 aromatic carbocycles. The molecular formula is C13H12Cl3NO3. The molecule has 7 heteroatoms. The predicted octanol–water partition coefficient (Wildman–Crippen LogP) is 3.35. The molecule has 1 amide bonds. The molecular weight excluding hydrogens is 325 g/mol. The number of hydrogen-bond acceptors (Lipinski definition) is 3. The normalized spacial score (nSPS) is 14.2. The lowest BCUT2D eigenvalue weighted by Crippen LogP contribution is -2.38. The maximum Gasteiger partial charge on any atom is 0.308 e. The molecule has 0 saturated heterocycles. The fraction of sp³-hybridized carbons (Fsp3) is 0.385. The van der Waals surface area contributed by atoms with Gasteiger partial charge in [0.2, 0.25) is 0 Å². The third-order valence-corrected chi connectivity index (χ3v) is 3.78. The van der Waals surface area contributed by atoms with Gasteiger partial charge < -0.3 is 9.64 Å². The number of ether oxygens (including phenoxy) is 1. The van der Waals surface area contributed by atoms with Crippen molar-refractivity contribution in [2.75, 3.05) is 11.4 Å². The van der Waals surface area contributed by atoms with Gasteiger partial charge in [-0.05, 0) is 30.5 Å². The lowest BCUT2D eigenvalue weighted by Gasteiger charge is -2.30. The maximum atomic E-state index is 12.0. The van der Waals surface area contributed by atoms with Gasteiger partial charge in [-0.15, -0.1) is 0 Å². The fourth-order valence-corrected chi connectivity index (χ4v) is 2.72.